The second kappa shape index (κ2) is 21.6. The number of fused-ring (bicyclic) bond motifs is 3. The lowest BCUT2D eigenvalue weighted by Gasteiger charge is -2.60. The molecule has 65 heavy (non-hydrogen) atoms. The normalized spacial score (nSPS) is 22.6. The minimum Gasteiger partial charge on any atom is -0.459 e. The second-order valence-electron chi connectivity index (χ2n) is 16.7. The molecule has 1 aliphatic heterocycles. The SMILES string of the molecule is C=CCOC12Oc3ccc(OC(=O)NCC)cc3C3C(CCCCO)C(CCCCO)C=C(C(=NOC)CC1N(Cc1cccc4ccccc14)C(=O)C=Cc1ccc([N+](=O)[O-])cc1)C32. The summed E-state index contributed by atoms with van der Waals surface area (Å²) in [6.07, 6.45) is 10.9. The van der Waals surface area contributed by atoms with Gasteiger partial charge in [-0.3, -0.25) is 14.9 Å². The summed E-state index contributed by atoms with van der Waals surface area (Å²) < 4.78 is 20.3. The number of aliphatic hydroxyl groups is 2. The van der Waals surface area contributed by atoms with Gasteiger partial charge in [0.1, 0.15) is 24.7 Å². The fraction of sp³-hybridized carbons (Fsp3) is 0.392. The summed E-state index contributed by atoms with van der Waals surface area (Å²) in [4.78, 5) is 46.4. The van der Waals surface area contributed by atoms with Crippen LogP contribution >= 0.6 is 0 Å². The number of carbonyl (C=O) groups is 2. The average molecular weight is 887 g/mol. The Morgan fingerprint density at radius 2 is 1.77 bits per heavy atom. The van der Waals surface area contributed by atoms with Crippen molar-refractivity contribution in [1.82, 2.24) is 10.2 Å². The zero-order chi connectivity index (χ0) is 45.9. The number of oxime groups is 1. The van der Waals surface area contributed by atoms with Crippen LogP contribution in [0.25, 0.3) is 16.8 Å². The highest BCUT2D eigenvalue weighted by molar-refractivity contribution is 6.03. The van der Waals surface area contributed by atoms with E-state index in [1.54, 1.807) is 41.3 Å². The lowest BCUT2D eigenvalue weighted by molar-refractivity contribution is -0.384. The summed E-state index contributed by atoms with van der Waals surface area (Å²) in [5.74, 6) is -2.02. The Labute approximate surface area is 379 Å². The molecule has 0 radical (unpaired) electrons. The van der Waals surface area contributed by atoms with Crippen molar-refractivity contribution < 1.29 is 43.8 Å². The van der Waals surface area contributed by atoms with E-state index in [0.717, 1.165) is 53.2 Å². The quantitative estimate of drug-likeness (QED) is 0.0255. The van der Waals surface area contributed by atoms with Crippen molar-refractivity contribution in [2.24, 2.45) is 22.9 Å². The van der Waals surface area contributed by atoms with Crippen LogP contribution in [0.1, 0.15) is 74.5 Å². The number of nitrogens with one attached hydrogen (secondary N) is 1. The number of allylic oxidation sites excluding steroid dienone is 1. The third-order valence-electron chi connectivity index (χ3n) is 12.8. The fourth-order valence-electron chi connectivity index (χ4n) is 10.0. The molecule has 14 nitrogen and oxygen atoms in total. The summed E-state index contributed by atoms with van der Waals surface area (Å²) in [7, 11) is 1.50. The predicted molar refractivity (Wildman–Crippen MR) is 248 cm³/mol. The van der Waals surface area contributed by atoms with Crippen LogP contribution in [0.2, 0.25) is 0 Å². The van der Waals surface area contributed by atoms with Gasteiger partial charge < -0.3 is 39.5 Å². The van der Waals surface area contributed by atoms with Crippen molar-refractivity contribution in [3.05, 3.63) is 142 Å². The molecule has 342 valence electrons. The van der Waals surface area contributed by atoms with Gasteiger partial charge in [-0.25, -0.2) is 4.79 Å². The zero-order valence-electron chi connectivity index (χ0n) is 37.0. The van der Waals surface area contributed by atoms with E-state index in [4.69, 9.17) is 24.2 Å². The van der Waals surface area contributed by atoms with Crippen LogP contribution in [0.3, 0.4) is 0 Å². The topological polar surface area (TPSA) is 182 Å². The van der Waals surface area contributed by atoms with Gasteiger partial charge in [0.25, 0.3) is 5.69 Å². The van der Waals surface area contributed by atoms with Gasteiger partial charge >= 0.3 is 6.09 Å². The number of aliphatic hydroxyl groups excluding tert-OH is 2. The number of non-ortho nitro benzene ring substituents is 1. The van der Waals surface area contributed by atoms with E-state index >= 15 is 4.79 Å². The number of amides is 2. The smallest absolute Gasteiger partial charge is 0.412 e. The van der Waals surface area contributed by atoms with E-state index in [2.05, 4.69) is 18.0 Å². The molecular weight excluding hydrogens is 829 g/mol. The number of benzene rings is 4. The van der Waals surface area contributed by atoms with E-state index < -0.39 is 28.8 Å². The maximum absolute atomic E-state index is 15.2. The van der Waals surface area contributed by atoms with E-state index in [1.807, 2.05) is 55.5 Å². The molecule has 0 spiro atoms. The van der Waals surface area contributed by atoms with Crippen molar-refractivity contribution in [2.45, 2.75) is 76.2 Å². The van der Waals surface area contributed by atoms with E-state index in [-0.39, 0.29) is 62.1 Å². The first-order chi connectivity index (χ1) is 31.7. The van der Waals surface area contributed by atoms with Crippen LogP contribution < -0.4 is 14.8 Å². The number of nitro groups is 1. The van der Waals surface area contributed by atoms with E-state index in [0.29, 0.717) is 42.2 Å². The molecule has 0 bridgehead atoms. The maximum Gasteiger partial charge on any atom is 0.412 e. The predicted octanol–water partition coefficient (Wildman–Crippen LogP) is 8.86. The summed E-state index contributed by atoms with van der Waals surface area (Å²) in [6.45, 7) is 6.55. The van der Waals surface area contributed by atoms with Gasteiger partial charge in [-0.2, -0.15) is 0 Å². The molecule has 1 fully saturated rings. The molecule has 7 rings (SSSR count). The van der Waals surface area contributed by atoms with Crippen LogP contribution in [0.5, 0.6) is 11.5 Å². The van der Waals surface area contributed by atoms with Gasteiger partial charge in [0.15, 0.2) is 0 Å². The molecule has 3 aliphatic rings. The van der Waals surface area contributed by atoms with E-state index in [9.17, 15) is 25.1 Å². The summed E-state index contributed by atoms with van der Waals surface area (Å²) >= 11 is 0. The lowest BCUT2D eigenvalue weighted by atomic mass is 9.55. The Morgan fingerprint density at radius 3 is 2.49 bits per heavy atom. The molecule has 6 unspecified atom stereocenters. The van der Waals surface area contributed by atoms with Crippen molar-refractivity contribution >= 4 is 40.2 Å². The Hall–Kier alpha value is -6.35. The van der Waals surface area contributed by atoms with Crippen LogP contribution in [-0.4, -0.2) is 83.1 Å². The Morgan fingerprint density at radius 1 is 1.02 bits per heavy atom. The first-order valence-electron chi connectivity index (χ1n) is 22.4. The number of ether oxygens (including phenoxy) is 3. The summed E-state index contributed by atoms with van der Waals surface area (Å²) in [6, 6.07) is 24.5. The first-order valence-corrected chi connectivity index (χ1v) is 22.4. The molecule has 2 aliphatic carbocycles. The first kappa shape index (κ1) is 46.6. The average Bonchev–Trinajstić information content (AvgIpc) is 3.31. The summed E-state index contributed by atoms with van der Waals surface area (Å²) in [5.41, 5.74) is 3.73. The van der Waals surface area contributed by atoms with Gasteiger partial charge in [-0.1, -0.05) is 72.6 Å². The van der Waals surface area contributed by atoms with Gasteiger partial charge in [-0.05, 0) is 108 Å². The van der Waals surface area contributed by atoms with Crippen LogP contribution in [0.4, 0.5) is 10.5 Å². The summed E-state index contributed by atoms with van der Waals surface area (Å²) in [5, 5.41) is 40.7. The largest absolute Gasteiger partial charge is 0.459 e. The highest BCUT2D eigenvalue weighted by Crippen LogP contribution is 2.62. The highest BCUT2D eigenvalue weighted by Gasteiger charge is 2.65. The Balaban J connectivity index is 1.46. The highest BCUT2D eigenvalue weighted by atomic mass is 16.7. The number of nitro benzene ring substituents is 1. The molecule has 0 aromatic heterocycles. The molecule has 0 saturated heterocycles. The van der Waals surface area contributed by atoms with Crippen molar-refractivity contribution in [2.75, 3.05) is 33.5 Å². The zero-order valence-corrected chi connectivity index (χ0v) is 37.0. The number of hydrogen-bond acceptors (Lipinski definition) is 11. The Bertz CT molecular complexity index is 2430. The molecule has 4 aromatic rings. The van der Waals surface area contributed by atoms with Gasteiger partial charge in [0.2, 0.25) is 11.7 Å². The molecular formula is C51H58N4O10. The molecule has 1 heterocycles. The van der Waals surface area contributed by atoms with Gasteiger partial charge in [0.05, 0.1) is 23.2 Å². The molecule has 14 heteroatoms. The van der Waals surface area contributed by atoms with Crippen molar-refractivity contribution in [3.63, 3.8) is 0 Å². The van der Waals surface area contributed by atoms with Crippen LogP contribution in [-0.2, 0) is 20.9 Å². The van der Waals surface area contributed by atoms with Crippen molar-refractivity contribution in [3.8, 4) is 11.5 Å². The van der Waals surface area contributed by atoms with Crippen molar-refractivity contribution in [1.29, 1.82) is 0 Å². The minimum atomic E-state index is -1.54. The molecule has 2 amide bonds. The maximum atomic E-state index is 15.2. The second-order valence-corrected chi connectivity index (χ2v) is 16.7. The Kier molecular flexibility index (Phi) is 15.5. The van der Waals surface area contributed by atoms with Crippen LogP contribution in [0, 0.1) is 27.9 Å². The van der Waals surface area contributed by atoms with E-state index in [1.165, 1.54) is 25.3 Å². The lowest BCUT2D eigenvalue weighted by Crippen LogP contribution is -2.70. The third kappa shape index (κ3) is 10.1. The molecule has 4 aromatic carbocycles. The monoisotopic (exact) mass is 886 g/mol. The minimum absolute atomic E-state index is 0.00386. The number of unbranched alkanes of at least 4 members (excludes halogenated alkanes) is 2. The number of hydrogen-bond donors (Lipinski definition) is 3. The standard InChI is InChI=1S/C51H58N4O10/c1-4-29-63-51-46(54(33-37-16-12-15-35-13-6-7-17-40(35)37)47(58)26-21-34-19-22-38(23-20-34)55(60)61)32-44(53-62-3)42-30-36(14-8-10-27-56)41(18-9-11-28-57)48(49(42)51)43-31-39(24-25-45(43)65-51)64-50(59)52-5-2/h4,6-7,12-13,15-17,19-26,30-31,36,41,46,48-49,56-57H,1,5,8-11,14,18,27-29,32-33H2,2-3H3,(H,52,59). The molecule has 3 N–H and O–H groups in total. The van der Waals surface area contributed by atoms with Gasteiger partial charge in [0, 0.05) is 62.4 Å². The van der Waals surface area contributed by atoms with Gasteiger partial charge in [-0.15, -0.1) is 6.58 Å². The third-order valence-corrected chi connectivity index (χ3v) is 12.8. The fourth-order valence-corrected chi connectivity index (χ4v) is 10.0. The molecule has 1 saturated carbocycles. The number of carbonyl (C=O) groups excluding carboxylic acids is 2. The van der Waals surface area contributed by atoms with Crippen LogP contribution in [0.15, 0.2) is 120 Å². The number of nitrogens with zero attached hydrogens (tertiary/aromatic N) is 3. The number of rotatable bonds is 20. The molecule has 6 atom stereocenters.